The van der Waals surface area contributed by atoms with E-state index in [-0.39, 0.29) is 12.4 Å². The molecule has 0 atom stereocenters. The fraction of sp³-hybridized carbons (Fsp3) is 0.455. The second-order valence-electron chi connectivity index (χ2n) is 3.43. The molecule has 0 amide bonds. The molecule has 0 saturated heterocycles. The Labute approximate surface area is 118 Å². The molecule has 0 aliphatic carbocycles. The predicted molar refractivity (Wildman–Crippen MR) is 67.3 cm³/mol. The van der Waals surface area contributed by atoms with Crippen LogP contribution < -0.4 is 17.3 Å². The summed E-state index contributed by atoms with van der Waals surface area (Å²) >= 11 is 17.3. The van der Waals surface area contributed by atoms with Gasteiger partial charge in [-0.25, -0.2) is 0 Å². The van der Waals surface area contributed by atoms with Crippen LogP contribution in [0.25, 0.3) is 0 Å². The van der Waals surface area contributed by atoms with Crippen molar-refractivity contribution in [3.05, 3.63) is 34.9 Å². The van der Waals surface area contributed by atoms with Crippen LogP contribution >= 0.6 is 34.8 Å². The van der Waals surface area contributed by atoms with Gasteiger partial charge in [0.1, 0.15) is 6.54 Å². The van der Waals surface area contributed by atoms with E-state index in [1.165, 1.54) is 10.5 Å². The first-order chi connectivity index (χ1) is 7.26. The molecule has 0 aromatic heterocycles. The summed E-state index contributed by atoms with van der Waals surface area (Å²) in [4.78, 5) is 1.40. The Morgan fingerprint density at radius 1 is 0.938 bits per heavy atom. The van der Waals surface area contributed by atoms with Crippen LogP contribution in [0.5, 0.6) is 0 Å². The lowest BCUT2D eigenvalue weighted by Gasteiger charge is -2.17. The number of nitrogens with one attached hydrogen (secondary N) is 1. The van der Waals surface area contributed by atoms with Gasteiger partial charge in [-0.2, -0.15) is 0 Å². The molecule has 0 spiro atoms. The summed E-state index contributed by atoms with van der Waals surface area (Å²) in [7, 11) is 0. The molecule has 5 heteroatoms. The molecule has 0 heterocycles. The zero-order valence-electron chi connectivity index (χ0n) is 8.86. The van der Waals surface area contributed by atoms with Crippen molar-refractivity contribution in [1.82, 2.24) is 0 Å². The molecule has 92 valence electrons. The number of hydrogen-bond acceptors (Lipinski definition) is 0. The fourth-order valence-electron chi connectivity index (χ4n) is 1.46. The highest BCUT2D eigenvalue weighted by Crippen LogP contribution is 2.08. The molecule has 0 radical (unpaired) electrons. The lowest BCUT2D eigenvalue weighted by molar-refractivity contribution is -0.909. The summed E-state index contributed by atoms with van der Waals surface area (Å²) in [6.45, 7) is 2.84. The van der Waals surface area contributed by atoms with Crippen LogP contribution in [-0.4, -0.2) is 24.8 Å². The van der Waals surface area contributed by atoms with Gasteiger partial charge in [0.05, 0.1) is 24.8 Å². The van der Waals surface area contributed by atoms with Gasteiger partial charge in [0.2, 0.25) is 0 Å². The molecule has 1 aromatic carbocycles. The Kier molecular flexibility index (Phi) is 9.58. The third-order valence-corrected chi connectivity index (χ3v) is 2.89. The summed E-state index contributed by atoms with van der Waals surface area (Å²) in [6.07, 6.45) is 0. The average Bonchev–Trinajstić information content (AvgIpc) is 2.22. The number of rotatable bonds is 6. The highest BCUT2D eigenvalue weighted by molar-refractivity contribution is 6.30. The summed E-state index contributed by atoms with van der Waals surface area (Å²) in [6, 6.07) is 7.92. The molecular formula is C11H15Cl4N. The quantitative estimate of drug-likeness (QED) is 0.657. The third kappa shape index (κ3) is 6.17. The topological polar surface area (TPSA) is 4.44 Å². The fourth-order valence-corrected chi connectivity index (χ4v) is 2.12. The highest BCUT2D eigenvalue weighted by Gasteiger charge is 2.07. The van der Waals surface area contributed by atoms with Crippen molar-refractivity contribution in [2.45, 2.75) is 6.54 Å². The Hall–Kier alpha value is 0.340. The van der Waals surface area contributed by atoms with E-state index in [0.717, 1.165) is 24.7 Å². The van der Waals surface area contributed by atoms with Crippen molar-refractivity contribution in [1.29, 1.82) is 0 Å². The Bertz CT molecular complexity index is 270. The Morgan fingerprint density at radius 3 is 1.88 bits per heavy atom. The van der Waals surface area contributed by atoms with Crippen LogP contribution in [0.2, 0.25) is 5.02 Å². The van der Waals surface area contributed by atoms with E-state index in [4.69, 9.17) is 34.8 Å². The normalized spacial score (nSPS) is 10.2. The van der Waals surface area contributed by atoms with Crippen molar-refractivity contribution < 1.29 is 17.3 Å². The first-order valence-corrected chi connectivity index (χ1v) is 6.41. The smallest absolute Gasteiger partial charge is 0.103 e. The minimum Gasteiger partial charge on any atom is -1.00 e. The van der Waals surface area contributed by atoms with E-state index < -0.39 is 0 Å². The molecule has 1 N–H and O–H groups in total. The van der Waals surface area contributed by atoms with Gasteiger partial charge in [-0.3, -0.25) is 0 Å². The second kappa shape index (κ2) is 9.38. The van der Waals surface area contributed by atoms with Crippen LogP contribution in [-0.2, 0) is 6.54 Å². The van der Waals surface area contributed by atoms with E-state index in [0.29, 0.717) is 11.8 Å². The van der Waals surface area contributed by atoms with Crippen molar-refractivity contribution >= 4 is 34.8 Å². The third-order valence-electron chi connectivity index (χ3n) is 2.26. The minimum atomic E-state index is 0. The van der Waals surface area contributed by atoms with Gasteiger partial charge in [-0.05, 0) is 12.1 Å². The van der Waals surface area contributed by atoms with Crippen LogP contribution in [0.1, 0.15) is 5.56 Å². The minimum absolute atomic E-state index is 0. The predicted octanol–water partition coefficient (Wildman–Crippen LogP) is -0.793. The van der Waals surface area contributed by atoms with Gasteiger partial charge in [-0.15, -0.1) is 23.2 Å². The standard InChI is InChI=1S/C11H14Cl3N.ClH/c12-5-7-15(8-6-13)9-10-1-3-11(14)4-2-10;/h1-4H,5-9H2;1H. The zero-order chi connectivity index (χ0) is 11.1. The van der Waals surface area contributed by atoms with Gasteiger partial charge in [0, 0.05) is 10.6 Å². The largest absolute Gasteiger partial charge is 1.00 e. The maximum Gasteiger partial charge on any atom is 0.103 e. The summed E-state index contributed by atoms with van der Waals surface area (Å²) in [5, 5.41) is 0.773. The van der Waals surface area contributed by atoms with Gasteiger partial charge >= 0.3 is 0 Å². The van der Waals surface area contributed by atoms with Crippen molar-refractivity contribution in [3.63, 3.8) is 0 Å². The molecule has 0 aliphatic heterocycles. The molecule has 0 unspecified atom stereocenters. The van der Waals surface area contributed by atoms with Gasteiger partial charge in [0.25, 0.3) is 0 Å². The first-order valence-electron chi connectivity index (χ1n) is 4.96. The van der Waals surface area contributed by atoms with E-state index >= 15 is 0 Å². The van der Waals surface area contributed by atoms with Crippen LogP contribution in [0.4, 0.5) is 0 Å². The lowest BCUT2D eigenvalue weighted by atomic mass is 10.2. The summed E-state index contributed by atoms with van der Waals surface area (Å²) < 4.78 is 0. The SMILES string of the molecule is ClCC[NH+](CCCl)Cc1ccc(Cl)cc1.[Cl-]. The van der Waals surface area contributed by atoms with Crippen molar-refractivity contribution in [2.75, 3.05) is 24.8 Å². The number of quaternary nitrogens is 1. The number of halogens is 4. The molecule has 1 aromatic rings. The lowest BCUT2D eigenvalue weighted by Crippen LogP contribution is -3.11. The monoisotopic (exact) mass is 301 g/mol. The van der Waals surface area contributed by atoms with E-state index in [2.05, 4.69) is 0 Å². The number of hydrogen-bond donors (Lipinski definition) is 1. The average molecular weight is 303 g/mol. The zero-order valence-corrected chi connectivity index (χ0v) is 11.9. The maximum atomic E-state index is 5.82. The summed E-state index contributed by atoms with van der Waals surface area (Å²) in [5.74, 6) is 1.33. The maximum absolute atomic E-state index is 5.82. The van der Waals surface area contributed by atoms with Crippen molar-refractivity contribution in [2.24, 2.45) is 0 Å². The first kappa shape index (κ1) is 16.3. The molecule has 16 heavy (non-hydrogen) atoms. The Morgan fingerprint density at radius 2 is 1.44 bits per heavy atom. The van der Waals surface area contributed by atoms with Crippen LogP contribution in [0, 0.1) is 0 Å². The van der Waals surface area contributed by atoms with Crippen molar-refractivity contribution in [3.8, 4) is 0 Å². The number of benzene rings is 1. The van der Waals surface area contributed by atoms with Crippen LogP contribution in [0.15, 0.2) is 24.3 Å². The number of alkyl halides is 2. The second-order valence-corrected chi connectivity index (χ2v) is 4.62. The molecule has 0 bridgehead atoms. The molecular weight excluding hydrogens is 288 g/mol. The molecule has 1 nitrogen and oxygen atoms in total. The molecule has 0 aliphatic rings. The van der Waals surface area contributed by atoms with E-state index in [1.807, 2.05) is 24.3 Å². The molecule has 0 fully saturated rings. The summed E-state index contributed by atoms with van der Waals surface area (Å²) in [5.41, 5.74) is 1.27. The molecule has 0 saturated carbocycles. The van der Waals surface area contributed by atoms with Crippen LogP contribution in [0.3, 0.4) is 0 Å². The van der Waals surface area contributed by atoms with Gasteiger partial charge in [-0.1, -0.05) is 23.7 Å². The van der Waals surface area contributed by atoms with Gasteiger partial charge in [0.15, 0.2) is 0 Å². The Balaban J connectivity index is 0.00000225. The van der Waals surface area contributed by atoms with Gasteiger partial charge < -0.3 is 17.3 Å². The van der Waals surface area contributed by atoms with E-state index in [9.17, 15) is 0 Å². The van der Waals surface area contributed by atoms with E-state index in [1.54, 1.807) is 0 Å². The highest BCUT2D eigenvalue weighted by atomic mass is 35.5. The molecule has 1 rings (SSSR count).